The molecule has 2 rings (SSSR count). The van der Waals surface area contributed by atoms with E-state index in [4.69, 9.17) is 4.52 Å². The van der Waals surface area contributed by atoms with Gasteiger partial charge in [-0.1, -0.05) is 33.2 Å². The Kier molecular flexibility index (Phi) is 3.36. The van der Waals surface area contributed by atoms with Gasteiger partial charge < -0.3 is 9.63 Å². The third-order valence-electron chi connectivity index (χ3n) is 2.09. The number of benzene rings is 1. The van der Waals surface area contributed by atoms with E-state index in [9.17, 15) is 5.11 Å². The number of aliphatic hydroxyl groups is 1. The van der Waals surface area contributed by atoms with Crippen molar-refractivity contribution in [2.45, 2.75) is 19.4 Å². The van der Waals surface area contributed by atoms with E-state index in [1.54, 1.807) is 6.92 Å². The second-order valence-corrected chi connectivity index (χ2v) is 4.45. The smallest absolute Gasteiger partial charge is 0.255 e. The second kappa shape index (κ2) is 4.76. The summed E-state index contributed by atoms with van der Waals surface area (Å²) in [6.07, 6.45) is -0.126. The van der Waals surface area contributed by atoms with E-state index in [-0.39, 0.29) is 5.89 Å². The maximum atomic E-state index is 9.24. The summed E-state index contributed by atoms with van der Waals surface area (Å²) in [5.74, 6) is 0.832. The first kappa shape index (κ1) is 11.3. The van der Waals surface area contributed by atoms with Crippen molar-refractivity contribution in [3.05, 3.63) is 46.0 Å². The molecule has 0 saturated carbocycles. The Morgan fingerprint density at radius 2 is 2.31 bits per heavy atom. The zero-order valence-electron chi connectivity index (χ0n) is 8.72. The minimum absolute atomic E-state index is 0.255. The highest BCUT2D eigenvalue weighted by atomic mass is 79.9. The quantitative estimate of drug-likeness (QED) is 0.940. The third kappa shape index (κ3) is 2.68. The Morgan fingerprint density at radius 1 is 1.50 bits per heavy atom. The number of hydrogen-bond donors (Lipinski definition) is 1. The molecular weight excluding hydrogens is 272 g/mol. The molecule has 0 unspecified atom stereocenters. The van der Waals surface area contributed by atoms with Crippen LogP contribution in [-0.4, -0.2) is 15.2 Å². The van der Waals surface area contributed by atoms with Gasteiger partial charge in [0.2, 0.25) is 0 Å². The van der Waals surface area contributed by atoms with E-state index >= 15 is 0 Å². The molecule has 5 heteroatoms. The van der Waals surface area contributed by atoms with Crippen molar-refractivity contribution in [3.63, 3.8) is 0 Å². The molecule has 2 aromatic rings. The van der Waals surface area contributed by atoms with Gasteiger partial charge in [0.25, 0.3) is 5.89 Å². The van der Waals surface area contributed by atoms with Gasteiger partial charge in [-0.2, -0.15) is 4.98 Å². The maximum Gasteiger partial charge on any atom is 0.255 e. The Labute approximate surface area is 101 Å². The number of halogens is 1. The molecule has 0 bridgehead atoms. The lowest BCUT2D eigenvalue weighted by Crippen LogP contribution is -1.93. The van der Waals surface area contributed by atoms with Crippen LogP contribution in [0.25, 0.3) is 0 Å². The van der Waals surface area contributed by atoms with E-state index < -0.39 is 6.10 Å². The molecule has 0 radical (unpaired) electrons. The summed E-state index contributed by atoms with van der Waals surface area (Å²) in [7, 11) is 0. The van der Waals surface area contributed by atoms with Crippen molar-refractivity contribution < 1.29 is 9.63 Å². The van der Waals surface area contributed by atoms with E-state index in [1.807, 2.05) is 24.3 Å². The van der Waals surface area contributed by atoms with Crippen molar-refractivity contribution in [1.82, 2.24) is 10.1 Å². The first-order chi connectivity index (χ1) is 7.65. The minimum atomic E-state index is -0.719. The van der Waals surface area contributed by atoms with E-state index in [1.165, 1.54) is 0 Å². The Hall–Kier alpha value is -1.20. The molecule has 4 nitrogen and oxygen atoms in total. The van der Waals surface area contributed by atoms with Crippen LogP contribution >= 0.6 is 15.9 Å². The Bertz CT molecular complexity index is 482. The van der Waals surface area contributed by atoms with Crippen molar-refractivity contribution >= 4 is 15.9 Å². The van der Waals surface area contributed by atoms with Gasteiger partial charge in [-0.3, -0.25) is 0 Å². The van der Waals surface area contributed by atoms with Crippen LogP contribution in [0, 0.1) is 0 Å². The minimum Gasteiger partial charge on any atom is -0.384 e. The van der Waals surface area contributed by atoms with Gasteiger partial charge in [0.1, 0.15) is 6.10 Å². The largest absolute Gasteiger partial charge is 0.384 e. The first-order valence-electron chi connectivity index (χ1n) is 4.90. The highest BCUT2D eigenvalue weighted by Crippen LogP contribution is 2.15. The molecule has 0 spiro atoms. The summed E-state index contributed by atoms with van der Waals surface area (Å²) in [6.45, 7) is 1.59. The Balaban J connectivity index is 2.14. The zero-order chi connectivity index (χ0) is 11.5. The molecule has 0 aliphatic heterocycles. The zero-order valence-corrected chi connectivity index (χ0v) is 10.3. The molecule has 1 aromatic carbocycles. The second-order valence-electron chi connectivity index (χ2n) is 3.53. The molecule has 1 atom stereocenters. The Morgan fingerprint density at radius 3 is 2.94 bits per heavy atom. The van der Waals surface area contributed by atoms with Gasteiger partial charge in [0, 0.05) is 10.9 Å². The number of aliphatic hydroxyl groups excluding tert-OH is 1. The van der Waals surface area contributed by atoms with E-state index in [0.717, 1.165) is 10.0 Å². The van der Waals surface area contributed by atoms with Crippen LogP contribution in [0.15, 0.2) is 33.3 Å². The lowest BCUT2D eigenvalue weighted by molar-refractivity contribution is 0.151. The average molecular weight is 283 g/mol. The molecule has 1 N–H and O–H groups in total. The molecule has 0 fully saturated rings. The lowest BCUT2D eigenvalue weighted by atomic mass is 10.1. The lowest BCUT2D eigenvalue weighted by Gasteiger charge is -1.97. The molecule has 0 saturated heterocycles. The molecule has 1 aromatic heterocycles. The van der Waals surface area contributed by atoms with Crippen LogP contribution in [0.5, 0.6) is 0 Å². The topological polar surface area (TPSA) is 59.2 Å². The number of nitrogens with zero attached hydrogens (tertiary/aromatic N) is 2. The monoisotopic (exact) mass is 282 g/mol. The van der Waals surface area contributed by atoms with Crippen molar-refractivity contribution in [1.29, 1.82) is 0 Å². The number of hydrogen-bond acceptors (Lipinski definition) is 4. The van der Waals surface area contributed by atoms with Crippen molar-refractivity contribution in [2.24, 2.45) is 0 Å². The summed E-state index contributed by atoms with van der Waals surface area (Å²) in [6, 6.07) is 7.90. The highest BCUT2D eigenvalue weighted by Gasteiger charge is 2.11. The average Bonchev–Trinajstić information content (AvgIpc) is 2.66. The van der Waals surface area contributed by atoms with Crippen molar-refractivity contribution in [2.75, 3.05) is 0 Å². The maximum absolute atomic E-state index is 9.24. The van der Waals surface area contributed by atoms with Crippen LogP contribution in [0.1, 0.15) is 30.3 Å². The van der Waals surface area contributed by atoms with Crippen LogP contribution in [0.4, 0.5) is 0 Å². The van der Waals surface area contributed by atoms with Gasteiger partial charge in [0.05, 0.1) is 0 Å². The molecule has 1 heterocycles. The SMILES string of the molecule is C[C@H](O)c1nc(Cc2cccc(Br)c2)no1. The standard InChI is InChI=1S/C11H11BrN2O2/c1-7(15)11-13-10(14-16-11)6-8-3-2-4-9(12)5-8/h2-5,7,15H,6H2,1H3/t7-/m0/s1. The number of rotatable bonds is 3. The van der Waals surface area contributed by atoms with Gasteiger partial charge in [-0.15, -0.1) is 0 Å². The molecule has 0 aliphatic carbocycles. The third-order valence-corrected chi connectivity index (χ3v) is 2.59. The van der Waals surface area contributed by atoms with Gasteiger partial charge in [-0.25, -0.2) is 0 Å². The summed E-state index contributed by atoms with van der Waals surface area (Å²) in [5.41, 5.74) is 1.09. The molecule has 84 valence electrons. The first-order valence-corrected chi connectivity index (χ1v) is 5.69. The normalized spacial score (nSPS) is 12.7. The van der Waals surface area contributed by atoms with Crippen LogP contribution in [0.3, 0.4) is 0 Å². The molecule has 16 heavy (non-hydrogen) atoms. The summed E-state index contributed by atoms with van der Waals surface area (Å²) < 4.78 is 5.92. The highest BCUT2D eigenvalue weighted by molar-refractivity contribution is 9.10. The van der Waals surface area contributed by atoms with Crippen LogP contribution in [0.2, 0.25) is 0 Å². The van der Waals surface area contributed by atoms with Gasteiger partial charge in [0.15, 0.2) is 5.82 Å². The predicted octanol–water partition coefficient (Wildman–Crippen LogP) is 2.48. The fourth-order valence-corrected chi connectivity index (χ4v) is 1.79. The van der Waals surface area contributed by atoms with Crippen molar-refractivity contribution in [3.8, 4) is 0 Å². The van der Waals surface area contributed by atoms with E-state index in [0.29, 0.717) is 12.2 Å². The molecule has 0 aliphatic rings. The fraction of sp³-hybridized carbons (Fsp3) is 0.273. The van der Waals surface area contributed by atoms with E-state index in [2.05, 4.69) is 26.1 Å². The predicted molar refractivity (Wildman–Crippen MR) is 61.9 cm³/mol. The summed E-state index contributed by atoms with van der Waals surface area (Å²) >= 11 is 3.40. The summed E-state index contributed by atoms with van der Waals surface area (Å²) in [5, 5.41) is 13.0. The van der Waals surface area contributed by atoms with Crippen LogP contribution in [-0.2, 0) is 6.42 Å². The van der Waals surface area contributed by atoms with Gasteiger partial charge >= 0.3 is 0 Å². The fourth-order valence-electron chi connectivity index (χ4n) is 1.34. The van der Waals surface area contributed by atoms with Gasteiger partial charge in [-0.05, 0) is 24.6 Å². The van der Waals surface area contributed by atoms with Crippen LogP contribution < -0.4 is 0 Å². The summed E-state index contributed by atoms with van der Waals surface area (Å²) in [4.78, 5) is 4.09. The molecular formula is C11H11BrN2O2. The molecule has 0 amide bonds. The number of aromatic nitrogens is 2.